The molecule has 0 saturated heterocycles. The molecule has 1 amide bonds. The number of benzene rings is 2. The van der Waals surface area contributed by atoms with Crippen LogP contribution in [-0.2, 0) is 21.4 Å². The van der Waals surface area contributed by atoms with Gasteiger partial charge in [-0.15, -0.1) is 0 Å². The molecule has 11 heteroatoms. The van der Waals surface area contributed by atoms with E-state index in [0.717, 1.165) is 18.0 Å². The summed E-state index contributed by atoms with van der Waals surface area (Å²) < 4.78 is 38.2. The molecule has 1 heterocycles. The number of carbonyl (C=O) groups is 1. The number of hydrogen-bond donors (Lipinski definition) is 2. The fourth-order valence-electron chi connectivity index (χ4n) is 2.72. The first-order chi connectivity index (χ1) is 13.7. The maximum absolute atomic E-state index is 13.1. The van der Waals surface area contributed by atoms with E-state index in [1.165, 1.54) is 36.0 Å². The first-order valence-electron chi connectivity index (χ1n) is 8.60. The fourth-order valence-corrected chi connectivity index (χ4v) is 4.31. The van der Waals surface area contributed by atoms with E-state index in [1.54, 1.807) is 6.07 Å². The van der Waals surface area contributed by atoms with Gasteiger partial charge in [0.05, 0.1) is 32.4 Å². The van der Waals surface area contributed by atoms with Crippen LogP contribution in [0.5, 0.6) is 0 Å². The number of fused-ring (bicyclic) bond motifs is 1. The van der Waals surface area contributed by atoms with E-state index in [9.17, 15) is 17.6 Å². The van der Waals surface area contributed by atoms with Crippen LogP contribution >= 0.6 is 23.4 Å². The molecule has 3 aromatic rings. The third kappa shape index (κ3) is 5.08. The maximum Gasteiger partial charge on any atom is 0.238 e. The smallest absolute Gasteiger partial charge is 0.238 e. The molecule has 29 heavy (non-hydrogen) atoms. The van der Waals surface area contributed by atoms with Crippen molar-refractivity contribution in [2.45, 2.75) is 29.9 Å². The minimum absolute atomic E-state index is 0.0219. The summed E-state index contributed by atoms with van der Waals surface area (Å²) in [5.74, 6) is -0.777. The van der Waals surface area contributed by atoms with Gasteiger partial charge in [-0.1, -0.05) is 30.3 Å². The Hall–Kier alpha value is -2.14. The number of hydrogen-bond acceptors (Lipinski definition) is 5. The van der Waals surface area contributed by atoms with E-state index in [4.69, 9.17) is 16.7 Å². The Morgan fingerprint density at radius 3 is 2.72 bits per heavy atom. The molecule has 0 aliphatic carbocycles. The molecule has 0 unspecified atom stereocenters. The van der Waals surface area contributed by atoms with Crippen molar-refractivity contribution in [3.8, 4) is 0 Å². The van der Waals surface area contributed by atoms with Crippen molar-refractivity contribution in [3.05, 3.63) is 47.2 Å². The van der Waals surface area contributed by atoms with Crippen LogP contribution < -0.4 is 10.5 Å². The van der Waals surface area contributed by atoms with Crippen LogP contribution in [0.25, 0.3) is 11.0 Å². The number of nitrogens with two attached hydrogens (primary N) is 1. The zero-order valence-corrected chi connectivity index (χ0v) is 17.7. The fraction of sp³-hybridized carbons (Fsp3) is 0.222. The molecular weight excluding hydrogens is 439 g/mol. The van der Waals surface area contributed by atoms with Crippen LogP contribution in [0.4, 0.5) is 10.1 Å². The molecule has 0 radical (unpaired) electrons. The zero-order chi connectivity index (χ0) is 21.2. The number of carbonyl (C=O) groups excluding carboxylic acids is 1. The molecule has 3 N–H and O–H groups in total. The van der Waals surface area contributed by atoms with Gasteiger partial charge in [0.2, 0.25) is 15.9 Å². The standard InChI is InChI=1S/C18H18ClFN4O3S2/c1-2-7-24-16-6-4-12(29(21,26)27)9-15(16)23-18(24)28-10-17(25)22-14-5-3-11(20)8-13(14)19/h3-6,8-9H,2,7,10H2,1H3,(H,22,25)(H2,21,26,27). The van der Waals surface area contributed by atoms with Gasteiger partial charge in [-0.05, 0) is 42.8 Å². The Labute approximate surface area is 176 Å². The molecule has 0 fully saturated rings. The van der Waals surface area contributed by atoms with Crippen molar-refractivity contribution in [1.29, 1.82) is 0 Å². The van der Waals surface area contributed by atoms with Gasteiger partial charge in [-0.3, -0.25) is 4.79 Å². The zero-order valence-electron chi connectivity index (χ0n) is 15.4. The topological polar surface area (TPSA) is 107 Å². The summed E-state index contributed by atoms with van der Waals surface area (Å²) in [6.45, 7) is 2.65. The van der Waals surface area contributed by atoms with Crippen molar-refractivity contribution in [1.82, 2.24) is 9.55 Å². The van der Waals surface area contributed by atoms with E-state index in [1.807, 2.05) is 11.5 Å². The number of sulfonamides is 1. The SMILES string of the molecule is CCCn1c(SCC(=O)Nc2ccc(F)cc2Cl)nc2cc(S(N)(=O)=O)ccc21. The summed E-state index contributed by atoms with van der Waals surface area (Å²) in [6, 6.07) is 8.22. The number of halogens is 2. The maximum atomic E-state index is 13.1. The second kappa shape index (κ2) is 8.70. The van der Waals surface area contributed by atoms with Gasteiger partial charge < -0.3 is 9.88 Å². The molecule has 0 bridgehead atoms. The summed E-state index contributed by atoms with van der Waals surface area (Å²) in [5, 5.41) is 8.51. The lowest BCUT2D eigenvalue weighted by Crippen LogP contribution is -2.15. The van der Waals surface area contributed by atoms with E-state index in [0.29, 0.717) is 22.9 Å². The number of aryl methyl sites for hydroxylation is 1. The quantitative estimate of drug-likeness (QED) is 0.528. The number of aromatic nitrogens is 2. The summed E-state index contributed by atoms with van der Waals surface area (Å²) in [7, 11) is -3.84. The highest BCUT2D eigenvalue weighted by Gasteiger charge is 2.16. The molecule has 0 saturated carbocycles. The second-order valence-electron chi connectivity index (χ2n) is 6.20. The summed E-state index contributed by atoms with van der Waals surface area (Å²) >= 11 is 7.13. The average molecular weight is 457 g/mol. The predicted molar refractivity (Wildman–Crippen MR) is 112 cm³/mol. The average Bonchev–Trinajstić information content (AvgIpc) is 2.99. The van der Waals surface area contributed by atoms with Gasteiger partial charge >= 0.3 is 0 Å². The van der Waals surface area contributed by atoms with Crippen LogP contribution in [0.3, 0.4) is 0 Å². The number of anilines is 1. The number of amides is 1. The molecule has 0 aliphatic rings. The lowest BCUT2D eigenvalue weighted by Gasteiger charge is -2.09. The van der Waals surface area contributed by atoms with Crippen molar-refractivity contribution in [2.24, 2.45) is 5.14 Å². The number of primary sulfonamides is 1. The van der Waals surface area contributed by atoms with Crippen molar-refractivity contribution in [2.75, 3.05) is 11.1 Å². The van der Waals surface area contributed by atoms with Gasteiger partial charge in [-0.25, -0.2) is 22.9 Å². The number of nitrogens with zero attached hydrogens (tertiary/aromatic N) is 2. The molecule has 2 aromatic carbocycles. The first-order valence-corrected chi connectivity index (χ1v) is 11.5. The molecule has 0 atom stereocenters. The van der Waals surface area contributed by atoms with Crippen LogP contribution in [0, 0.1) is 5.82 Å². The van der Waals surface area contributed by atoms with E-state index in [2.05, 4.69) is 10.3 Å². The van der Waals surface area contributed by atoms with E-state index < -0.39 is 15.8 Å². The van der Waals surface area contributed by atoms with Gasteiger partial charge in [0.25, 0.3) is 0 Å². The number of imidazole rings is 1. The van der Waals surface area contributed by atoms with Gasteiger partial charge in [0, 0.05) is 6.54 Å². The van der Waals surface area contributed by atoms with Crippen LogP contribution in [0.2, 0.25) is 5.02 Å². The van der Waals surface area contributed by atoms with Crippen molar-refractivity contribution in [3.63, 3.8) is 0 Å². The molecule has 0 aliphatic heterocycles. The Kier molecular flexibility index (Phi) is 6.47. The van der Waals surface area contributed by atoms with E-state index >= 15 is 0 Å². The summed E-state index contributed by atoms with van der Waals surface area (Å²) in [6.07, 6.45) is 0.827. The molecule has 154 valence electrons. The lowest BCUT2D eigenvalue weighted by molar-refractivity contribution is -0.113. The lowest BCUT2D eigenvalue weighted by atomic mass is 10.3. The van der Waals surface area contributed by atoms with Gasteiger partial charge in [-0.2, -0.15) is 0 Å². The summed E-state index contributed by atoms with van der Waals surface area (Å²) in [4.78, 5) is 16.7. The minimum atomic E-state index is -3.84. The predicted octanol–water partition coefficient (Wildman–Crippen LogP) is 3.62. The number of thioether (sulfide) groups is 1. The largest absolute Gasteiger partial charge is 0.324 e. The first kappa shape index (κ1) is 21.6. The third-order valence-corrected chi connectivity index (χ3v) is 6.20. The molecule has 0 spiro atoms. The molecule has 1 aromatic heterocycles. The van der Waals surface area contributed by atoms with Crippen LogP contribution in [0.1, 0.15) is 13.3 Å². The molecule has 3 rings (SSSR count). The highest BCUT2D eigenvalue weighted by Crippen LogP contribution is 2.27. The number of nitrogens with one attached hydrogen (secondary N) is 1. The highest BCUT2D eigenvalue weighted by atomic mass is 35.5. The Morgan fingerprint density at radius 2 is 2.07 bits per heavy atom. The Balaban J connectivity index is 1.81. The van der Waals surface area contributed by atoms with Crippen LogP contribution in [0.15, 0.2) is 46.5 Å². The van der Waals surface area contributed by atoms with E-state index in [-0.39, 0.29) is 21.6 Å². The Bertz CT molecular complexity index is 1180. The monoisotopic (exact) mass is 456 g/mol. The second-order valence-corrected chi connectivity index (χ2v) is 9.11. The van der Waals surface area contributed by atoms with Crippen molar-refractivity contribution < 1.29 is 17.6 Å². The minimum Gasteiger partial charge on any atom is -0.324 e. The van der Waals surface area contributed by atoms with Crippen molar-refractivity contribution >= 4 is 56.0 Å². The van der Waals surface area contributed by atoms with Gasteiger partial charge in [0.1, 0.15) is 5.82 Å². The highest BCUT2D eigenvalue weighted by molar-refractivity contribution is 7.99. The van der Waals surface area contributed by atoms with Gasteiger partial charge in [0.15, 0.2) is 5.16 Å². The molecule has 7 nitrogen and oxygen atoms in total. The Morgan fingerprint density at radius 1 is 1.31 bits per heavy atom. The summed E-state index contributed by atoms with van der Waals surface area (Å²) in [5.41, 5.74) is 1.55. The number of rotatable bonds is 7. The normalized spacial score (nSPS) is 11.7. The molecular formula is C18H18ClFN4O3S2. The van der Waals surface area contributed by atoms with Crippen LogP contribution in [-0.4, -0.2) is 29.6 Å². The third-order valence-electron chi connectivity index (χ3n) is 4.00.